The second kappa shape index (κ2) is 7.21. The first-order valence-electron chi connectivity index (χ1n) is 11.2. The zero-order chi connectivity index (χ0) is 21.9. The molecule has 1 aromatic carbocycles. The van der Waals surface area contributed by atoms with E-state index >= 15 is 0 Å². The average molecular weight is 440 g/mol. The standard InChI is InChI=1S/C23H23F3N6/c24-23(25,26)22-16(12-28-31-22)20-14-7-3-2-6-13(14)19-15-11-27-30-17(15)10-18(21(19)29-20)32-8-4-1-5-9-32/h10-12H,1-9H2,(H,27,30)(H,28,31). The van der Waals surface area contributed by atoms with Crippen LogP contribution < -0.4 is 4.90 Å². The van der Waals surface area contributed by atoms with Gasteiger partial charge in [-0.05, 0) is 62.1 Å². The Balaban J connectivity index is 1.70. The fourth-order valence-corrected chi connectivity index (χ4v) is 5.39. The van der Waals surface area contributed by atoms with E-state index in [9.17, 15) is 13.2 Å². The van der Waals surface area contributed by atoms with Crippen molar-refractivity contribution in [3.63, 3.8) is 0 Å². The van der Waals surface area contributed by atoms with Crippen molar-refractivity contribution in [3.05, 3.63) is 35.3 Å². The van der Waals surface area contributed by atoms with Crippen LogP contribution in [0.4, 0.5) is 18.9 Å². The molecule has 1 fully saturated rings. The van der Waals surface area contributed by atoms with Gasteiger partial charge in [0.15, 0.2) is 0 Å². The minimum absolute atomic E-state index is 0.0365. The number of rotatable bonds is 2. The number of hydrogen-bond acceptors (Lipinski definition) is 4. The molecule has 0 atom stereocenters. The number of benzene rings is 1. The van der Waals surface area contributed by atoms with E-state index in [-0.39, 0.29) is 5.56 Å². The maximum Gasteiger partial charge on any atom is 0.433 e. The Kier molecular flexibility index (Phi) is 4.41. The van der Waals surface area contributed by atoms with Gasteiger partial charge in [-0.25, -0.2) is 4.98 Å². The fraction of sp³-hybridized carbons (Fsp3) is 0.435. The van der Waals surface area contributed by atoms with Crippen LogP contribution >= 0.6 is 0 Å². The molecule has 1 aliphatic carbocycles. The van der Waals surface area contributed by atoms with Gasteiger partial charge in [0.05, 0.1) is 40.4 Å². The van der Waals surface area contributed by atoms with Crippen molar-refractivity contribution in [2.75, 3.05) is 18.0 Å². The van der Waals surface area contributed by atoms with Crippen molar-refractivity contribution in [1.82, 2.24) is 25.4 Å². The van der Waals surface area contributed by atoms with Crippen LogP contribution in [-0.4, -0.2) is 38.5 Å². The Labute approximate surface area is 182 Å². The molecule has 4 heterocycles. The lowest BCUT2D eigenvalue weighted by Gasteiger charge is -2.31. The molecule has 2 aliphatic rings. The Bertz CT molecular complexity index is 1310. The normalized spacial score (nSPS) is 17.3. The summed E-state index contributed by atoms with van der Waals surface area (Å²) in [6.45, 7) is 1.84. The SMILES string of the molecule is FC(F)(F)c1[nH]ncc1-c1nc2c(N3CCCCC3)cc3[nH]ncc3c2c2c1CCCC2. The number of hydrogen-bond donors (Lipinski definition) is 2. The Morgan fingerprint density at radius 1 is 0.875 bits per heavy atom. The van der Waals surface area contributed by atoms with Gasteiger partial charge in [0, 0.05) is 23.9 Å². The highest BCUT2D eigenvalue weighted by Crippen LogP contribution is 2.44. The van der Waals surface area contributed by atoms with Gasteiger partial charge in [0.1, 0.15) is 5.69 Å². The summed E-state index contributed by atoms with van der Waals surface area (Å²) in [5.74, 6) is 0. The lowest BCUT2D eigenvalue weighted by atomic mass is 9.85. The topological polar surface area (TPSA) is 73.5 Å². The van der Waals surface area contributed by atoms with Crippen molar-refractivity contribution in [2.24, 2.45) is 0 Å². The number of nitrogens with zero attached hydrogens (tertiary/aromatic N) is 4. The molecule has 1 saturated heterocycles. The van der Waals surface area contributed by atoms with Gasteiger partial charge >= 0.3 is 6.18 Å². The Morgan fingerprint density at radius 3 is 2.41 bits per heavy atom. The molecule has 6 rings (SSSR count). The third-order valence-corrected chi connectivity index (χ3v) is 6.85. The predicted molar refractivity (Wildman–Crippen MR) is 117 cm³/mol. The highest BCUT2D eigenvalue weighted by molar-refractivity contribution is 6.13. The molecule has 0 spiro atoms. The van der Waals surface area contributed by atoms with Gasteiger partial charge in [-0.2, -0.15) is 23.4 Å². The number of pyridine rings is 1. The van der Waals surface area contributed by atoms with E-state index < -0.39 is 11.9 Å². The van der Waals surface area contributed by atoms with E-state index in [2.05, 4.69) is 31.4 Å². The monoisotopic (exact) mass is 440 g/mol. The van der Waals surface area contributed by atoms with Crippen LogP contribution in [0, 0.1) is 0 Å². The molecule has 166 valence electrons. The van der Waals surface area contributed by atoms with Crippen LogP contribution in [0.1, 0.15) is 48.9 Å². The number of halogens is 3. The van der Waals surface area contributed by atoms with E-state index in [4.69, 9.17) is 4.98 Å². The number of aryl methyl sites for hydroxylation is 1. The number of piperidine rings is 1. The first kappa shape index (κ1) is 19.6. The number of aromatic amines is 2. The lowest BCUT2D eigenvalue weighted by molar-refractivity contribution is -0.140. The maximum absolute atomic E-state index is 13.7. The number of H-pyrrole nitrogens is 2. The molecule has 3 aromatic heterocycles. The van der Waals surface area contributed by atoms with Crippen molar-refractivity contribution < 1.29 is 13.2 Å². The van der Waals surface area contributed by atoms with Crippen LogP contribution in [0.2, 0.25) is 0 Å². The maximum atomic E-state index is 13.7. The minimum atomic E-state index is -4.52. The third-order valence-electron chi connectivity index (χ3n) is 6.85. The van der Waals surface area contributed by atoms with E-state index in [0.29, 0.717) is 12.1 Å². The Hall–Kier alpha value is -3.10. The highest BCUT2D eigenvalue weighted by atomic mass is 19.4. The van der Waals surface area contributed by atoms with Crippen molar-refractivity contribution in [1.29, 1.82) is 0 Å². The first-order chi connectivity index (χ1) is 15.5. The smallest absolute Gasteiger partial charge is 0.370 e. The average Bonchev–Trinajstić information content (AvgIpc) is 3.48. The van der Waals surface area contributed by atoms with Crippen LogP contribution in [0.3, 0.4) is 0 Å². The summed E-state index contributed by atoms with van der Waals surface area (Å²) in [4.78, 5) is 7.28. The fourth-order valence-electron chi connectivity index (χ4n) is 5.39. The zero-order valence-electron chi connectivity index (χ0n) is 17.5. The molecular formula is C23H23F3N6. The molecule has 0 amide bonds. The molecular weight excluding hydrogens is 417 g/mol. The summed E-state index contributed by atoms with van der Waals surface area (Å²) < 4.78 is 41.2. The summed E-state index contributed by atoms with van der Waals surface area (Å²) in [6.07, 6.45) is 5.43. The van der Waals surface area contributed by atoms with Gasteiger partial charge in [-0.15, -0.1) is 0 Å². The Morgan fingerprint density at radius 2 is 1.62 bits per heavy atom. The van der Waals surface area contributed by atoms with Gasteiger partial charge in [-0.3, -0.25) is 10.2 Å². The van der Waals surface area contributed by atoms with Crippen molar-refractivity contribution in [3.8, 4) is 11.3 Å². The van der Waals surface area contributed by atoms with Gasteiger partial charge in [0.2, 0.25) is 0 Å². The molecule has 0 radical (unpaired) electrons. The number of anilines is 1. The largest absolute Gasteiger partial charge is 0.433 e. The molecule has 2 N–H and O–H groups in total. The van der Waals surface area contributed by atoms with E-state index in [0.717, 1.165) is 83.8 Å². The summed E-state index contributed by atoms with van der Waals surface area (Å²) in [6, 6.07) is 2.06. The zero-order valence-corrected chi connectivity index (χ0v) is 17.5. The van der Waals surface area contributed by atoms with E-state index in [1.807, 2.05) is 6.20 Å². The molecule has 9 heteroatoms. The summed E-state index contributed by atoms with van der Waals surface area (Å²) in [5, 5.41) is 15.3. The molecule has 32 heavy (non-hydrogen) atoms. The number of nitrogens with one attached hydrogen (secondary N) is 2. The summed E-state index contributed by atoms with van der Waals surface area (Å²) in [7, 11) is 0. The third kappa shape index (κ3) is 2.97. The molecule has 1 aliphatic heterocycles. The molecule has 0 bridgehead atoms. The second-order valence-corrected chi connectivity index (χ2v) is 8.78. The first-order valence-corrected chi connectivity index (χ1v) is 11.2. The molecule has 4 aromatic rings. The van der Waals surface area contributed by atoms with Crippen molar-refractivity contribution in [2.45, 2.75) is 51.1 Å². The number of alkyl halides is 3. The number of aromatic nitrogens is 5. The number of fused-ring (bicyclic) bond motifs is 5. The highest BCUT2D eigenvalue weighted by Gasteiger charge is 2.37. The van der Waals surface area contributed by atoms with Crippen LogP contribution in [0.5, 0.6) is 0 Å². The van der Waals surface area contributed by atoms with Crippen LogP contribution in [-0.2, 0) is 19.0 Å². The molecule has 6 nitrogen and oxygen atoms in total. The van der Waals surface area contributed by atoms with Crippen molar-refractivity contribution >= 4 is 27.5 Å². The van der Waals surface area contributed by atoms with Gasteiger partial charge in [-0.1, -0.05) is 0 Å². The van der Waals surface area contributed by atoms with E-state index in [1.54, 1.807) is 0 Å². The predicted octanol–water partition coefficient (Wildman–Crippen LogP) is 5.39. The summed E-state index contributed by atoms with van der Waals surface area (Å²) in [5.41, 5.74) is 4.32. The van der Waals surface area contributed by atoms with Gasteiger partial charge < -0.3 is 4.90 Å². The summed E-state index contributed by atoms with van der Waals surface area (Å²) >= 11 is 0. The molecule has 0 saturated carbocycles. The quantitative estimate of drug-likeness (QED) is 0.438. The van der Waals surface area contributed by atoms with Gasteiger partial charge in [0.25, 0.3) is 0 Å². The second-order valence-electron chi connectivity index (χ2n) is 8.78. The van der Waals surface area contributed by atoms with Crippen LogP contribution in [0.25, 0.3) is 33.1 Å². The van der Waals surface area contributed by atoms with Crippen LogP contribution in [0.15, 0.2) is 18.5 Å². The lowest BCUT2D eigenvalue weighted by Crippen LogP contribution is -2.29. The van der Waals surface area contributed by atoms with E-state index in [1.165, 1.54) is 12.6 Å². The molecule has 0 unspecified atom stereocenters. The minimum Gasteiger partial charge on any atom is -0.370 e.